The number of rotatable bonds is 32. The maximum atomic E-state index is 11.9. The number of nitrogens with one attached hydrogen (secondary N) is 1. The average Bonchev–Trinajstić information content (AvgIpc) is 3.43. The third-order valence-electron chi connectivity index (χ3n) is 6.15. The maximum Gasteiger partial charge on any atom is 0.472 e. The highest BCUT2D eigenvalue weighted by Crippen LogP contribution is 2.43. The van der Waals surface area contributed by atoms with E-state index in [1.165, 1.54) is 0 Å². The van der Waals surface area contributed by atoms with E-state index >= 15 is 0 Å². The van der Waals surface area contributed by atoms with E-state index in [1.807, 2.05) is 0 Å². The van der Waals surface area contributed by atoms with Crippen LogP contribution in [0.4, 0.5) is 0 Å². The molecular weight excluding hydrogens is 699 g/mol. The van der Waals surface area contributed by atoms with Gasteiger partial charge in [-0.3, -0.25) is 23.4 Å². The van der Waals surface area contributed by atoms with Gasteiger partial charge >= 0.3 is 15.6 Å². The molecule has 0 spiro atoms. The van der Waals surface area contributed by atoms with Gasteiger partial charge in [0.1, 0.15) is 7.85 Å². The van der Waals surface area contributed by atoms with E-state index in [2.05, 4.69) is 14.8 Å². The molecule has 0 bridgehead atoms. The number of carbonyl (C=O) groups is 1. The first-order chi connectivity index (χ1) is 22.5. The summed E-state index contributed by atoms with van der Waals surface area (Å²) < 4.78 is 58.1. The molecule has 6 N–H and O–H groups in total. The Labute approximate surface area is 287 Å². The summed E-state index contributed by atoms with van der Waals surface area (Å²) in [4.78, 5) is 43.0. The quantitative estimate of drug-likeness (QED) is 0.0166. The van der Waals surface area contributed by atoms with Crippen molar-refractivity contribution in [3.8, 4) is 0 Å². The second-order valence-electron chi connectivity index (χ2n) is 10.3. The third-order valence-corrected chi connectivity index (χ3v) is 10.1. The van der Waals surface area contributed by atoms with Crippen LogP contribution in [0.5, 0.6) is 0 Å². The zero-order chi connectivity index (χ0) is 34.6. The van der Waals surface area contributed by atoms with Gasteiger partial charge in [0, 0.05) is 36.9 Å². The summed E-state index contributed by atoms with van der Waals surface area (Å²) in [6.45, 7) is 2.93. The molecule has 3 unspecified atom stereocenters. The van der Waals surface area contributed by atoms with E-state index in [-0.39, 0.29) is 44.4 Å². The van der Waals surface area contributed by atoms with Crippen LogP contribution in [-0.4, -0.2) is 130 Å². The van der Waals surface area contributed by atoms with Crippen LogP contribution in [0, 0.1) is 0 Å². The molecule has 1 saturated heterocycles. The van der Waals surface area contributed by atoms with E-state index in [1.54, 1.807) is 21.6 Å². The van der Waals surface area contributed by atoms with Crippen molar-refractivity contribution in [3.05, 3.63) is 0 Å². The Morgan fingerprint density at radius 1 is 0.830 bits per heavy atom. The third kappa shape index (κ3) is 30.3. The van der Waals surface area contributed by atoms with Crippen LogP contribution >= 0.6 is 37.2 Å². The fraction of sp³-hybridized carbons (Fsp3) is 0.923. The molecule has 1 aliphatic heterocycles. The van der Waals surface area contributed by atoms with Crippen LogP contribution in [0.25, 0.3) is 0 Å². The summed E-state index contributed by atoms with van der Waals surface area (Å²) in [5.74, 6) is 2.23. The van der Waals surface area contributed by atoms with Crippen molar-refractivity contribution in [2.75, 3.05) is 84.1 Å². The highest BCUT2D eigenvalue weighted by atomic mass is 33.1. The number of hydrogen-bond donors (Lipinski definition) is 5. The van der Waals surface area contributed by atoms with Crippen LogP contribution in [-0.2, 0) is 46.4 Å². The Kier molecular flexibility index (Phi) is 27.1. The zero-order valence-corrected chi connectivity index (χ0v) is 30.4. The molecule has 21 heteroatoms. The number of amidine groups is 1. The molecule has 1 fully saturated rings. The average molecular weight is 752 g/mol. The molecule has 1 aliphatic rings. The summed E-state index contributed by atoms with van der Waals surface area (Å²) in [5.41, 5.74) is 5.96. The molecule has 1 heterocycles. The lowest BCUT2D eigenvalue weighted by atomic mass is 9.97. The molecule has 3 atom stereocenters. The van der Waals surface area contributed by atoms with Gasteiger partial charge in [0.15, 0.2) is 0 Å². The number of nitrogens with two attached hydrogens (primary N) is 1. The molecule has 0 aromatic carbocycles. The minimum atomic E-state index is -4.38. The van der Waals surface area contributed by atoms with Gasteiger partial charge in [-0.25, -0.2) is 9.13 Å². The van der Waals surface area contributed by atoms with Crippen molar-refractivity contribution in [2.24, 2.45) is 10.7 Å². The maximum absolute atomic E-state index is 11.9. The largest absolute Gasteiger partial charge is 0.472 e. The summed E-state index contributed by atoms with van der Waals surface area (Å²) in [7, 11) is 0.421. The van der Waals surface area contributed by atoms with Crippen LogP contribution in [0.15, 0.2) is 4.99 Å². The minimum absolute atomic E-state index is 0.0157. The number of ether oxygens (including phenoxy) is 4. The van der Waals surface area contributed by atoms with Gasteiger partial charge in [0.05, 0.1) is 77.9 Å². The van der Waals surface area contributed by atoms with Crippen molar-refractivity contribution < 1.29 is 61.1 Å². The van der Waals surface area contributed by atoms with Crippen LogP contribution in [0.3, 0.4) is 0 Å². The zero-order valence-electron chi connectivity index (χ0n) is 26.9. The Balaban J connectivity index is 1.81. The first-order valence-electron chi connectivity index (χ1n) is 15.7. The smallest absolute Gasteiger partial charge is 0.387 e. The van der Waals surface area contributed by atoms with E-state index in [9.17, 15) is 18.8 Å². The van der Waals surface area contributed by atoms with Gasteiger partial charge in [0.2, 0.25) is 5.91 Å². The summed E-state index contributed by atoms with van der Waals surface area (Å²) in [6.07, 6.45) is 6.11. The lowest BCUT2D eigenvalue weighted by Crippen LogP contribution is -2.24. The number of aliphatic imine (C=N–C) groups is 1. The highest BCUT2D eigenvalue weighted by molar-refractivity contribution is 8.76. The minimum Gasteiger partial charge on any atom is -0.387 e. The fourth-order valence-corrected chi connectivity index (χ4v) is 6.98. The van der Waals surface area contributed by atoms with Crippen molar-refractivity contribution in [1.82, 2.24) is 5.32 Å². The van der Waals surface area contributed by atoms with Crippen LogP contribution in [0.2, 0.25) is 0 Å². The van der Waals surface area contributed by atoms with Gasteiger partial charge < -0.3 is 44.7 Å². The second-order valence-corrected chi connectivity index (χ2v) is 15.7. The number of hydrogen-bond acceptors (Lipinski definition) is 13. The Morgan fingerprint density at radius 3 is 2.17 bits per heavy atom. The van der Waals surface area contributed by atoms with Gasteiger partial charge in [-0.15, -0.1) is 0 Å². The number of phosphoric ester groups is 2. The molecule has 0 saturated carbocycles. The van der Waals surface area contributed by atoms with E-state index in [4.69, 9.17) is 51.4 Å². The summed E-state index contributed by atoms with van der Waals surface area (Å²) >= 11 is 0. The molecule has 0 aliphatic carbocycles. The summed E-state index contributed by atoms with van der Waals surface area (Å²) in [6, 6.07) is -0.361. The van der Waals surface area contributed by atoms with Crippen molar-refractivity contribution >= 4 is 56.8 Å². The number of phosphoric acid groups is 2. The molecule has 0 aromatic rings. The predicted molar refractivity (Wildman–Crippen MR) is 183 cm³/mol. The van der Waals surface area contributed by atoms with Crippen molar-refractivity contribution in [3.63, 3.8) is 0 Å². The Hall–Kier alpha value is -0.235. The number of unbranched alkanes of at least 4 members (excludes halogenated alkanes) is 3. The van der Waals surface area contributed by atoms with Crippen molar-refractivity contribution in [1.29, 1.82) is 0 Å². The Morgan fingerprint density at radius 2 is 1.49 bits per heavy atom. The van der Waals surface area contributed by atoms with E-state index in [0.717, 1.165) is 37.2 Å². The lowest BCUT2D eigenvalue weighted by molar-refractivity contribution is -0.120. The van der Waals surface area contributed by atoms with Gasteiger partial charge in [-0.2, -0.15) is 0 Å². The van der Waals surface area contributed by atoms with Gasteiger partial charge in [-0.05, 0) is 32.1 Å². The lowest BCUT2D eigenvalue weighted by Gasteiger charge is -2.15. The molecule has 2 radical (unpaired) electrons. The predicted octanol–water partition coefficient (Wildman–Crippen LogP) is 2.54. The first-order valence-corrected chi connectivity index (χ1v) is 21.2. The topological polar surface area (TPSA) is 227 Å². The molecule has 1 rings (SSSR count). The number of carbonyl (C=O) groups excluding carboxylic acids is 1. The van der Waals surface area contributed by atoms with Gasteiger partial charge in [0.25, 0.3) is 0 Å². The fourth-order valence-electron chi connectivity index (χ4n) is 3.80. The monoisotopic (exact) mass is 751 g/mol. The molecule has 47 heavy (non-hydrogen) atoms. The molecular formula is C26H52BN3O13P2S2. The number of amides is 1. The Bertz CT molecular complexity index is 942. The van der Waals surface area contributed by atoms with E-state index in [0.29, 0.717) is 84.1 Å². The first kappa shape index (κ1) is 44.8. The molecule has 16 nitrogen and oxygen atoms in total. The number of nitrogens with zero attached hydrogens (tertiary/aromatic N) is 1. The standard InChI is InChI=1S/C26H52BN3O13P2S2/c27-24-8-7-23(43-24)22-42-45(35,36)41-19-18-39-17-16-38-15-14-37-13-11-29-25(28)6-5-20-46-47-21-9-26(31)30-10-3-1-2-4-12-40-44(32,33)34/h23-24H,1-22H2,(H2,28,29)(H,30,31)(H,35,36)(H2,32,33,34). The normalized spacial score (nSPS) is 18.4. The molecule has 274 valence electrons. The SMILES string of the molecule is [B]C1CCC(COP(=O)(O)OCCOCCOCCOCCN=C(N)CCCSSCCC(=O)NCCCCCCOP(=O)(O)O)O1. The second kappa shape index (κ2) is 28.5. The van der Waals surface area contributed by atoms with Crippen LogP contribution < -0.4 is 11.1 Å². The van der Waals surface area contributed by atoms with Crippen molar-refractivity contribution in [2.45, 2.75) is 69.9 Å². The highest BCUT2D eigenvalue weighted by Gasteiger charge is 2.27. The van der Waals surface area contributed by atoms with Crippen LogP contribution in [0.1, 0.15) is 57.8 Å². The molecule has 0 aromatic heterocycles. The summed E-state index contributed by atoms with van der Waals surface area (Å²) in [5, 5.41) is 2.88. The van der Waals surface area contributed by atoms with Gasteiger partial charge in [-0.1, -0.05) is 34.4 Å². The molecule has 1 amide bonds. The van der Waals surface area contributed by atoms with E-state index < -0.39 is 15.6 Å².